The van der Waals surface area contributed by atoms with E-state index >= 15 is 0 Å². The lowest BCUT2D eigenvalue weighted by Gasteiger charge is -2.15. The molecule has 0 saturated heterocycles. The Morgan fingerprint density at radius 1 is 1.53 bits per heavy atom. The van der Waals surface area contributed by atoms with E-state index in [0.29, 0.717) is 22.6 Å². The van der Waals surface area contributed by atoms with Gasteiger partial charge < -0.3 is 5.11 Å². The number of nitrogens with zero attached hydrogens (tertiary/aromatic N) is 1. The normalized spacial score (nSPS) is 12.3. The monoisotopic (exact) mass is 276 g/mol. The van der Waals surface area contributed by atoms with Crippen molar-refractivity contribution < 1.29 is 9.90 Å². The lowest BCUT2D eigenvalue weighted by atomic mass is 10.0. The molecule has 0 radical (unpaired) electrons. The molecule has 0 aliphatic rings. The Morgan fingerprint density at radius 2 is 2.32 bits per heavy atom. The molecule has 0 aliphatic carbocycles. The van der Waals surface area contributed by atoms with Gasteiger partial charge in [0.05, 0.1) is 5.52 Å². The number of rotatable bonds is 5. The standard InChI is InChI=1S/C14H13ClN2O2/c1-2-7-16-13(14(18)19)10-5-6-11(15)9-4-3-8-17-12(9)10/h2-6,8,13,16H,1,7H2,(H,18,19). The highest BCUT2D eigenvalue weighted by atomic mass is 35.5. The maximum absolute atomic E-state index is 11.4. The summed E-state index contributed by atoms with van der Waals surface area (Å²) in [7, 11) is 0. The van der Waals surface area contributed by atoms with Gasteiger partial charge in [-0.2, -0.15) is 0 Å². The van der Waals surface area contributed by atoms with Gasteiger partial charge in [-0.05, 0) is 18.2 Å². The molecule has 0 aliphatic heterocycles. The summed E-state index contributed by atoms with van der Waals surface area (Å²) < 4.78 is 0. The lowest BCUT2D eigenvalue weighted by molar-refractivity contribution is -0.139. The van der Waals surface area contributed by atoms with E-state index in [1.165, 1.54) is 0 Å². The quantitative estimate of drug-likeness (QED) is 0.825. The van der Waals surface area contributed by atoms with Gasteiger partial charge in [-0.15, -0.1) is 6.58 Å². The van der Waals surface area contributed by atoms with E-state index in [2.05, 4.69) is 16.9 Å². The van der Waals surface area contributed by atoms with Crippen molar-refractivity contribution in [1.82, 2.24) is 10.3 Å². The Hall–Kier alpha value is -1.91. The second-order valence-electron chi connectivity index (χ2n) is 4.00. The van der Waals surface area contributed by atoms with Crippen LogP contribution in [-0.4, -0.2) is 22.6 Å². The minimum Gasteiger partial charge on any atom is -0.480 e. The summed E-state index contributed by atoms with van der Waals surface area (Å²) in [5.74, 6) is -0.962. The molecule has 1 atom stereocenters. The van der Waals surface area contributed by atoms with Gasteiger partial charge in [0.15, 0.2) is 0 Å². The van der Waals surface area contributed by atoms with Crippen LogP contribution in [0.1, 0.15) is 11.6 Å². The Bertz CT molecular complexity index is 628. The molecule has 0 fully saturated rings. The number of nitrogens with one attached hydrogen (secondary N) is 1. The van der Waals surface area contributed by atoms with Gasteiger partial charge in [-0.3, -0.25) is 15.1 Å². The van der Waals surface area contributed by atoms with Gasteiger partial charge in [0.25, 0.3) is 0 Å². The van der Waals surface area contributed by atoms with Gasteiger partial charge in [-0.1, -0.05) is 23.7 Å². The maximum atomic E-state index is 11.4. The van der Waals surface area contributed by atoms with E-state index in [9.17, 15) is 9.90 Å². The SMILES string of the molecule is C=CCNC(C(=O)O)c1ccc(Cl)c2cccnc12. The Morgan fingerprint density at radius 3 is 3.00 bits per heavy atom. The first-order valence-electron chi connectivity index (χ1n) is 5.75. The van der Waals surface area contributed by atoms with Crippen molar-refractivity contribution in [3.8, 4) is 0 Å². The molecule has 98 valence electrons. The molecule has 2 N–H and O–H groups in total. The van der Waals surface area contributed by atoms with Gasteiger partial charge in [-0.25, -0.2) is 0 Å². The average Bonchev–Trinajstić information content (AvgIpc) is 2.41. The van der Waals surface area contributed by atoms with Crippen LogP contribution < -0.4 is 5.32 Å². The minimum atomic E-state index is -0.962. The highest BCUT2D eigenvalue weighted by molar-refractivity contribution is 6.35. The molecule has 1 aromatic carbocycles. The van der Waals surface area contributed by atoms with E-state index < -0.39 is 12.0 Å². The van der Waals surface area contributed by atoms with Crippen LogP contribution in [0.5, 0.6) is 0 Å². The molecule has 0 amide bonds. The van der Waals surface area contributed by atoms with Crippen molar-refractivity contribution in [1.29, 1.82) is 0 Å². The van der Waals surface area contributed by atoms with Crippen molar-refractivity contribution in [3.05, 3.63) is 53.7 Å². The Kier molecular flexibility index (Phi) is 4.14. The number of hydrogen-bond acceptors (Lipinski definition) is 3. The molecule has 5 heteroatoms. The lowest BCUT2D eigenvalue weighted by Crippen LogP contribution is -2.28. The van der Waals surface area contributed by atoms with Crippen molar-refractivity contribution >= 4 is 28.5 Å². The van der Waals surface area contributed by atoms with Gasteiger partial charge in [0.2, 0.25) is 0 Å². The number of carboxylic acids is 1. The van der Waals surface area contributed by atoms with Crippen LogP contribution in [0.3, 0.4) is 0 Å². The van der Waals surface area contributed by atoms with Crippen LogP contribution in [0.25, 0.3) is 10.9 Å². The molecule has 0 bridgehead atoms. The fourth-order valence-electron chi connectivity index (χ4n) is 1.92. The number of pyridine rings is 1. The van der Waals surface area contributed by atoms with Crippen LogP contribution in [0, 0.1) is 0 Å². The molecule has 1 heterocycles. The number of carboxylic acid groups (broad SMARTS) is 1. The van der Waals surface area contributed by atoms with E-state index in [4.69, 9.17) is 11.6 Å². The maximum Gasteiger partial charge on any atom is 0.325 e. The predicted octanol–water partition coefficient (Wildman–Crippen LogP) is 2.79. The van der Waals surface area contributed by atoms with E-state index in [-0.39, 0.29) is 0 Å². The number of hydrogen-bond donors (Lipinski definition) is 2. The molecule has 2 aromatic rings. The second-order valence-corrected chi connectivity index (χ2v) is 4.41. The number of benzene rings is 1. The topological polar surface area (TPSA) is 62.2 Å². The summed E-state index contributed by atoms with van der Waals surface area (Å²) in [5, 5.41) is 13.5. The largest absolute Gasteiger partial charge is 0.480 e. The molecule has 0 saturated carbocycles. The summed E-state index contributed by atoms with van der Waals surface area (Å²) >= 11 is 6.09. The van der Waals surface area contributed by atoms with Crippen LogP contribution in [0.4, 0.5) is 0 Å². The minimum absolute atomic E-state index is 0.397. The third-order valence-corrected chi connectivity index (χ3v) is 3.10. The third kappa shape index (κ3) is 2.75. The number of halogens is 1. The molecule has 1 unspecified atom stereocenters. The summed E-state index contributed by atoms with van der Waals surface area (Å²) in [6, 6.07) is 6.12. The first-order chi connectivity index (χ1) is 9.15. The first-order valence-corrected chi connectivity index (χ1v) is 6.13. The van der Waals surface area contributed by atoms with Crippen molar-refractivity contribution in [2.45, 2.75) is 6.04 Å². The van der Waals surface area contributed by atoms with Crippen molar-refractivity contribution in [2.24, 2.45) is 0 Å². The smallest absolute Gasteiger partial charge is 0.325 e. The zero-order chi connectivity index (χ0) is 13.8. The van der Waals surface area contributed by atoms with Gasteiger partial charge >= 0.3 is 5.97 Å². The molecular weight excluding hydrogens is 264 g/mol. The molecule has 1 aromatic heterocycles. The fourth-order valence-corrected chi connectivity index (χ4v) is 2.14. The first kappa shape index (κ1) is 13.5. The molecular formula is C14H13ClN2O2. The van der Waals surface area contributed by atoms with Crippen LogP contribution in [-0.2, 0) is 4.79 Å². The van der Waals surface area contributed by atoms with E-state index in [0.717, 1.165) is 5.39 Å². The average molecular weight is 277 g/mol. The zero-order valence-corrected chi connectivity index (χ0v) is 10.9. The number of carbonyl (C=O) groups is 1. The van der Waals surface area contributed by atoms with Crippen LogP contribution in [0.2, 0.25) is 5.02 Å². The summed E-state index contributed by atoms with van der Waals surface area (Å²) in [6.07, 6.45) is 3.23. The van der Waals surface area contributed by atoms with Crippen LogP contribution >= 0.6 is 11.6 Å². The summed E-state index contributed by atoms with van der Waals surface area (Å²) in [4.78, 5) is 15.6. The van der Waals surface area contributed by atoms with Gasteiger partial charge in [0.1, 0.15) is 6.04 Å². The third-order valence-electron chi connectivity index (χ3n) is 2.77. The highest BCUT2D eigenvalue weighted by Gasteiger charge is 2.22. The van der Waals surface area contributed by atoms with Crippen molar-refractivity contribution in [3.63, 3.8) is 0 Å². The number of aliphatic carboxylic acids is 1. The zero-order valence-electron chi connectivity index (χ0n) is 10.1. The summed E-state index contributed by atoms with van der Waals surface area (Å²) in [6.45, 7) is 3.97. The molecule has 0 spiro atoms. The highest BCUT2D eigenvalue weighted by Crippen LogP contribution is 2.28. The van der Waals surface area contributed by atoms with Gasteiger partial charge in [0, 0.05) is 28.7 Å². The summed E-state index contributed by atoms with van der Waals surface area (Å²) in [5.41, 5.74) is 1.19. The molecule has 19 heavy (non-hydrogen) atoms. The van der Waals surface area contributed by atoms with E-state index in [1.807, 2.05) is 6.07 Å². The van der Waals surface area contributed by atoms with Crippen LogP contribution in [0.15, 0.2) is 43.1 Å². The molecule has 2 rings (SSSR count). The van der Waals surface area contributed by atoms with Crippen molar-refractivity contribution in [2.75, 3.05) is 6.54 Å². The van der Waals surface area contributed by atoms with E-state index in [1.54, 1.807) is 30.5 Å². The Balaban J connectivity index is 2.56. The Labute approximate surface area is 115 Å². The fraction of sp³-hybridized carbons (Fsp3) is 0.143. The predicted molar refractivity (Wildman–Crippen MR) is 75.3 cm³/mol. The number of aromatic nitrogens is 1. The second kappa shape index (κ2) is 5.82. The molecule has 4 nitrogen and oxygen atoms in total. The number of fused-ring (bicyclic) bond motifs is 1.